The highest BCUT2D eigenvalue weighted by molar-refractivity contribution is 5.83. The molecule has 1 aromatic rings. The molecule has 2 N–H and O–H groups in total. The Bertz CT molecular complexity index is 828. The van der Waals surface area contributed by atoms with Gasteiger partial charge in [-0.05, 0) is 50.5 Å². The maximum absolute atomic E-state index is 14.1. The summed E-state index contributed by atoms with van der Waals surface area (Å²) in [5.41, 5.74) is 6.48. The van der Waals surface area contributed by atoms with Gasteiger partial charge in [0, 0.05) is 36.8 Å². The fraction of sp³-hybridized carbons (Fsp3) is 0.619. The van der Waals surface area contributed by atoms with Crippen LogP contribution in [0.4, 0.5) is 13.2 Å². The van der Waals surface area contributed by atoms with Crippen molar-refractivity contribution in [2.75, 3.05) is 6.54 Å². The Labute approximate surface area is 168 Å². The summed E-state index contributed by atoms with van der Waals surface area (Å²) >= 11 is 0. The first kappa shape index (κ1) is 20.2. The lowest BCUT2D eigenvalue weighted by atomic mass is 9.84. The van der Waals surface area contributed by atoms with Gasteiger partial charge in [0.1, 0.15) is 11.9 Å². The number of carbonyl (C=O) groups is 1. The summed E-state index contributed by atoms with van der Waals surface area (Å²) in [6.07, 6.45) is 4.76. The van der Waals surface area contributed by atoms with E-state index in [4.69, 9.17) is 5.73 Å². The Morgan fingerprint density at radius 2 is 1.79 bits per heavy atom. The molecule has 4 rings (SSSR count). The third-order valence-electron chi connectivity index (χ3n) is 6.84. The monoisotopic (exact) mass is 406 g/mol. The molecule has 8 heteroatoms. The van der Waals surface area contributed by atoms with Crippen LogP contribution in [0.3, 0.4) is 0 Å². The fourth-order valence-corrected chi connectivity index (χ4v) is 5.31. The number of fused-ring (bicyclic) bond motifs is 2. The van der Waals surface area contributed by atoms with Crippen LogP contribution in [0.1, 0.15) is 44.1 Å². The van der Waals surface area contributed by atoms with E-state index in [1.807, 2.05) is 0 Å². The summed E-state index contributed by atoms with van der Waals surface area (Å²) in [6, 6.07) is 2.94. The van der Waals surface area contributed by atoms with E-state index in [2.05, 4.69) is 11.0 Å². The summed E-state index contributed by atoms with van der Waals surface area (Å²) in [4.78, 5) is 16.6. The first-order valence-electron chi connectivity index (χ1n) is 10.2. The van der Waals surface area contributed by atoms with Crippen LogP contribution in [-0.4, -0.2) is 46.4 Å². The van der Waals surface area contributed by atoms with Gasteiger partial charge >= 0.3 is 0 Å². The summed E-state index contributed by atoms with van der Waals surface area (Å²) in [5.74, 6) is -3.12. The largest absolute Gasteiger partial charge is 0.325 e. The number of likely N-dealkylation sites (tertiary alicyclic amines) is 1. The number of carbonyl (C=O) groups excluding carboxylic acids is 1. The van der Waals surface area contributed by atoms with Crippen molar-refractivity contribution in [3.63, 3.8) is 0 Å². The lowest BCUT2D eigenvalue weighted by Gasteiger charge is -2.41. The van der Waals surface area contributed by atoms with E-state index in [1.54, 1.807) is 4.90 Å². The Balaban J connectivity index is 1.43. The fourth-order valence-electron chi connectivity index (χ4n) is 5.31. The molecule has 29 heavy (non-hydrogen) atoms. The predicted molar refractivity (Wildman–Crippen MR) is 99.7 cm³/mol. The van der Waals surface area contributed by atoms with Gasteiger partial charge in [0.05, 0.1) is 12.1 Å². The summed E-state index contributed by atoms with van der Waals surface area (Å²) in [6.45, 7) is 0.794. The van der Waals surface area contributed by atoms with E-state index in [0.29, 0.717) is 31.9 Å². The second-order valence-corrected chi connectivity index (χ2v) is 8.49. The van der Waals surface area contributed by atoms with Crippen LogP contribution in [0, 0.1) is 34.7 Å². The summed E-state index contributed by atoms with van der Waals surface area (Å²) < 4.78 is 40.8. The first-order valence-corrected chi connectivity index (χ1v) is 10.2. The number of nitrogens with two attached hydrogens (primary N) is 1. The molecule has 3 fully saturated rings. The van der Waals surface area contributed by atoms with Crippen molar-refractivity contribution in [3.05, 3.63) is 35.1 Å². The third-order valence-corrected chi connectivity index (χ3v) is 6.84. The Hall–Kier alpha value is -2.11. The molecule has 0 aromatic heterocycles. The van der Waals surface area contributed by atoms with Gasteiger partial charge < -0.3 is 10.6 Å². The molecular weight excluding hydrogens is 381 g/mol. The summed E-state index contributed by atoms with van der Waals surface area (Å²) in [7, 11) is 0. The van der Waals surface area contributed by atoms with Crippen molar-refractivity contribution < 1.29 is 18.0 Å². The number of nitriles is 1. The molecule has 2 bridgehead atoms. The number of nitrogens with zero attached hydrogens (tertiary/aromatic N) is 3. The number of amides is 1. The smallest absolute Gasteiger partial charge is 0.240 e. The van der Waals surface area contributed by atoms with Gasteiger partial charge in [0.2, 0.25) is 5.91 Å². The van der Waals surface area contributed by atoms with Crippen molar-refractivity contribution in [1.82, 2.24) is 9.80 Å². The van der Waals surface area contributed by atoms with Gasteiger partial charge in [-0.25, -0.2) is 13.2 Å². The number of halogens is 3. The maximum Gasteiger partial charge on any atom is 0.240 e. The van der Waals surface area contributed by atoms with Gasteiger partial charge in [-0.1, -0.05) is 0 Å². The molecule has 3 saturated heterocycles. The van der Waals surface area contributed by atoms with Crippen molar-refractivity contribution in [2.45, 2.75) is 69.2 Å². The van der Waals surface area contributed by atoms with Gasteiger partial charge in [-0.3, -0.25) is 9.69 Å². The third kappa shape index (κ3) is 3.74. The standard InChI is InChI=1S/C21H25F3N4O/c22-17-9-19(24)18(23)8-13(17)11-28-14-3-4-15(28)7-12(6-14)20(26)21(29)27-5-1-2-16(27)10-25/h8-9,12,14-16,20H,1-7,11,26H2. The Kier molecular flexibility index (Phi) is 5.54. The molecule has 4 atom stereocenters. The zero-order valence-corrected chi connectivity index (χ0v) is 16.2. The number of piperidine rings is 1. The van der Waals surface area contributed by atoms with Crippen LogP contribution in [0.5, 0.6) is 0 Å². The summed E-state index contributed by atoms with van der Waals surface area (Å²) in [5, 5.41) is 9.23. The van der Waals surface area contributed by atoms with Crippen LogP contribution >= 0.6 is 0 Å². The lowest BCUT2D eigenvalue weighted by molar-refractivity contribution is -0.134. The van der Waals surface area contributed by atoms with Crippen LogP contribution < -0.4 is 5.73 Å². The highest BCUT2D eigenvalue weighted by atomic mass is 19.2. The number of benzene rings is 1. The first-order chi connectivity index (χ1) is 13.9. The molecule has 0 radical (unpaired) electrons. The van der Waals surface area contributed by atoms with E-state index in [0.717, 1.165) is 25.3 Å². The van der Waals surface area contributed by atoms with Crippen molar-refractivity contribution >= 4 is 5.91 Å². The molecule has 0 spiro atoms. The molecule has 0 saturated carbocycles. The van der Waals surface area contributed by atoms with E-state index in [9.17, 15) is 23.2 Å². The Morgan fingerprint density at radius 1 is 1.14 bits per heavy atom. The van der Waals surface area contributed by atoms with E-state index >= 15 is 0 Å². The van der Waals surface area contributed by atoms with Crippen LogP contribution in [0.15, 0.2) is 12.1 Å². The number of hydrogen-bond donors (Lipinski definition) is 1. The molecule has 156 valence electrons. The predicted octanol–water partition coefficient (Wildman–Crippen LogP) is 2.69. The second-order valence-electron chi connectivity index (χ2n) is 8.49. The molecule has 5 nitrogen and oxygen atoms in total. The zero-order chi connectivity index (χ0) is 20.7. The minimum Gasteiger partial charge on any atom is -0.325 e. The van der Waals surface area contributed by atoms with Crippen molar-refractivity contribution in [2.24, 2.45) is 11.7 Å². The van der Waals surface area contributed by atoms with Crippen LogP contribution in [0.2, 0.25) is 0 Å². The molecular formula is C21H25F3N4O. The van der Waals surface area contributed by atoms with Crippen LogP contribution in [-0.2, 0) is 11.3 Å². The van der Waals surface area contributed by atoms with E-state index < -0.39 is 23.5 Å². The average Bonchev–Trinajstić information content (AvgIpc) is 3.26. The van der Waals surface area contributed by atoms with E-state index in [1.165, 1.54) is 0 Å². The minimum atomic E-state index is -1.19. The molecule has 3 heterocycles. The highest BCUT2D eigenvalue weighted by Gasteiger charge is 2.45. The molecule has 4 unspecified atom stereocenters. The quantitative estimate of drug-likeness (QED) is 0.781. The van der Waals surface area contributed by atoms with Gasteiger partial charge in [0.15, 0.2) is 11.6 Å². The molecule has 3 aliphatic heterocycles. The second kappa shape index (κ2) is 7.96. The van der Waals surface area contributed by atoms with Gasteiger partial charge in [-0.15, -0.1) is 0 Å². The molecule has 1 aromatic carbocycles. The van der Waals surface area contributed by atoms with Crippen molar-refractivity contribution in [3.8, 4) is 6.07 Å². The maximum atomic E-state index is 14.1. The van der Waals surface area contributed by atoms with Gasteiger partial charge in [-0.2, -0.15) is 5.26 Å². The lowest BCUT2D eigenvalue weighted by Crippen LogP contribution is -2.53. The Morgan fingerprint density at radius 3 is 2.45 bits per heavy atom. The number of hydrogen-bond acceptors (Lipinski definition) is 4. The molecule has 1 amide bonds. The van der Waals surface area contributed by atoms with E-state index in [-0.39, 0.29) is 42.1 Å². The zero-order valence-electron chi connectivity index (χ0n) is 16.2. The van der Waals surface area contributed by atoms with Gasteiger partial charge in [0.25, 0.3) is 0 Å². The minimum absolute atomic E-state index is 0.00555. The number of rotatable bonds is 4. The molecule has 0 aliphatic carbocycles. The average molecular weight is 406 g/mol. The topological polar surface area (TPSA) is 73.4 Å². The SMILES string of the molecule is N#CC1CCCN1C(=O)C(N)C1CC2CCC(C1)N2Cc1cc(F)c(F)cc1F. The van der Waals surface area contributed by atoms with Crippen LogP contribution in [0.25, 0.3) is 0 Å². The highest BCUT2D eigenvalue weighted by Crippen LogP contribution is 2.41. The molecule has 3 aliphatic rings. The van der Waals surface area contributed by atoms with Crippen molar-refractivity contribution in [1.29, 1.82) is 5.26 Å². The normalized spacial score (nSPS) is 30.4.